The molecule has 4 aromatic carbocycles. The van der Waals surface area contributed by atoms with Crippen LogP contribution in [0.2, 0.25) is 0 Å². The van der Waals surface area contributed by atoms with Gasteiger partial charge in [-0.2, -0.15) is 13.2 Å². The number of carbonyl (C=O) groups excluding carboxylic acids is 1. The predicted molar refractivity (Wildman–Crippen MR) is 198 cm³/mol. The molecule has 6 nitrogen and oxygen atoms in total. The Morgan fingerprint density at radius 2 is 1.75 bits per heavy atom. The number of hydrogen-bond acceptors (Lipinski definition) is 5. The number of hydrogen-bond donors (Lipinski definition) is 0. The van der Waals surface area contributed by atoms with Gasteiger partial charge in [-0.15, -0.1) is 11.8 Å². The Balaban J connectivity index is 1.77. The van der Waals surface area contributed by atoms with E-state index in [1.807, 2.05) is 0 Å². The number of fused-ring (bicyclic) bond motifs is 1. The number of pyridine rings is 1. The summed E-state index contributed by atoms with van der Waals surface area (Å²) in [7, 11) is -3.97. The summed E-state index contributed by atoms with van der Waals surface area (Å²) in [6.07, 6.45) is -14.9. The molecule has 278 valence electrons. The zero-order valence-electron chi connectivity index (χ0n) is 52.7. The molecule has 2 heterocycles. The smallest absolute Gasteiger partial charge is 0.383 e. The topological polar surface area (TPSA) is 54.8 Å². The number of amides is 1. The van der Waals surface area contributed by atoms with Gasteiger partial charge in [-0.3, -0.25) is 9.59 Å². The number of rotatable bonds is 12. The molecular weight excluding hydrogens is 710 g/mol. The van der Waals surface area contributed by atoms with Crippen molar-refractivity contribution in [3.63, 3.8) is 0 Å². The summed E-state index contributed by atoms with van der Waals surface area (Å²) in [6, 6.07) is -2.10. The van der Waals surface area contributed by atoms with Gasteiger partial charge in [0.05, 0.1) is 41.9 Å². The second kappa shape index (κ2) is 16.7. The van der Waals surface area contributed by atoms with Gasteiger partial charge >= 0.3 is 6.18 Å². The quantitative estimate of drug-likeness (QED) is 0.0939. The van der Waals surface area contributed by atoms with E-state index in [1.165, 1.54) is 0 Å². The van der Waals surface area contributed by atoms with Gasteiger partial charge < -0.3 is 19.1 Å². The molecule has 0 spiro atoms. The number of halogens is 5. The Bertz CT molecular complexity index is 3290. The molecule has 1 saturated heterocycles. The molecule has 0 unspecified atom stereocenters. The highest BCUT2D eigenvalue weighted by Crippen LogP contribution is 2.32. The fourth-order valence-electron chi connectivity index (χ4n) is 4.59. The van der Waals surface area contributed by atoms with Crippen LogP contribution < -0.4 is 5.43 Å². The van der Waals surface area contributed by atoms with Crippen molar-refractivity contribution in [1.29, 1.82) is 0 Å². The first-order valence-electron chi connectivity index (χ1n) is 27.8. The lowest BCUT2D eigenvalue weighted by Gasteiger charge is -2.39. The Kier molecular flexibility index (Phi) is 5.44. The van der Waals surface area contributed by atoms with Crippen LogP contribution in [0.4, 0.5) is 22.0 Å². The molecule has 1 fully saturated rings. The zero-order valence-corrected chi connectivity index (χ0v) is 27.5. The maximum absolute atomic E-state index is 15.9. The van der Waals surface area contributed by atoms with Crippen LogP contribution in [0.25, 0.3) is 22.0 Å². The van der Waals surface area contributed by atoms with Crippen LogP contribution in [0.15, 0.2) is 101 Å². The van der Waals surface area contributed by atoms with Crippen molar-refractivity contribution in [3.8, 4) is 11.1 Å². The summed E-state index contributed by atoms with van der Waals surface area (Å²) in [5, 5.41) is -2.80. The molecule has 6 rings (SSSR count). The number of likely N-dealkylation sites (tertiary alicyclic amines) is 1. The minimum atomic E-state index is -5.18. The lowest BCUT2D eigenvalue weighted by molar-refractivity contribution is -0.137. The van der Waals surface area contributed by atoms with Gasteiger partial charge in [-0.1, -0.05) is 60.1 Å². The third-order valence-electron chi connectivity index (χ3n) is 7.09. The number of methoxy groups -OCH3 is 1. The molecular formula is C41H40F5N3O3S. The van der Waals surface area contributed by atoms with Crippen molar-refractivity contribution in [2.24, 2.45) is 0 Å². The largest absolute Gasteiger partial charge is 0.416 e. The second-order valence-corrected chi connectivity index (χ2v) is 11.4. The van der Waals surface area contributed by atoms with Crippen LogP contribution in [0.3, 0.4) is 0 Å². The second-order valence-electron chi connectivity index (χ2n) is 10.6. The summed E-state index contributed by atoms with van der Waals surface area (Å²) < 4.78 is 304. The molecule has 53 heavy (non-hydrogen) atoms. The van der Waals surface area contributed by atoms with Crippen molar-refractivity contribution < 1.29 is 67.1 Å². The molecule has 1 amide bonds. The molecule has 0 bridgehead atoms. The first-order chi connectivity index (χ1) is 35.4. The third-order valence-corrected chi connectivity index (χ3v) is 7.89. The van der Waals surface area contributed by atoms with Crippen LogP contribution in [0.5, 0.6) is 0 Å². The van der Waals surface area contributed by atoms with Crippen molar-refractivity contribution in [1.82, 2.24) is 14.4 Å². The van der Waals surface area contributed by atoms with Gasteiger partial charge in [0.25, 0.3) is 0 Å². The molecule has 0 N–H and O–H groups in total. The normalized spacial score (nSPS) is 27.4. The van der Waals surface area contributed by atoms with E-state index >= 15 is 9.18 Å². The molecule has 1 aromatic heterocycles. The van der Waals surface area contributed by atoms with Gasteiger partial charge in [0.2, 0.25) is 5.91 Å². The van der Waals surface area contributed by atoms with E-state index in [0.29, 0.717) is 36.4 Å². The molecule has 1 aliphatic rings. The molecule has 0 aliphatic carbocycles. The van der Waals surface area contributed by atoms with E-state index in [2.05, 4.69) is 4.74 Å². The highest BCUT2D eigenvalue weighted by atomic mass is 32.2. The summed E-state index contributed by atoms with van der Waals surface area (Å²) in [5.41, 5.74) is -10.8. The Morgan fingerprint density at radius 1 is 1.06 bits per heavy atom. The zero-order chi connectivity index (χ0) is 60.7. The number of nitrogens with zero attached hydrogens (tertiary/aromatic N) is 3. The highest BCUT2D eigenvalue weighted by Gasteiger charge is 2.31. The average Bonchev–Trinajstić information content (AvgIpc) is 3.50. The van der Waals surface area contributed by atoms with E-state index in [0.717, 1.165) is 37.3 Å². The van der Waals surface area contributed by atoms with Crippen LogP contribution in [-0.4, -0.2) is 59.4 Å². The lowest BCUT2D eigenvalue weighted by Crippen LogP contribution is -2.48. The van der Waals surface area contributed by atoms with Gasteiger partial charge in [-0.05, 0) is 66.6 Å². The number of aromatic nitrogens is 1. The monoisotopic (exact) mass is 775 g/mol. The van der Waals surface area contributed by atoms with Crippen molar-refractivity contribution in [2.45, 2.75) is 55.6 Å². The van der Waals surface area contributed by atoms with E-state index in [4.69, 9.17) is 23.3 Å². The molecule has 0 atom stereocenters. The maximum atomic E-state index is 15.9. The average molecular weight is 776 g/mol. The van der Waals surface area contributed by atoms with Crippen molar-refractivity contribution in [3.05, 3.63) is 135 Å². The Morgan fingerprint density at radius 3 is 2.43 bits per heavy atom. The predicted octanol–water partition coefficient (Wildman–Crippen LogP) is 8.71. The first kappa shape index (κ1) is 17.3. The number of carbonyl (C=O) groups is 1. The fourth-order valence-corrected chi connectivity index (χ4v) is 5.33. The SMILES string of the molecule is [2H]c1c(C)c([2H])c2c(=O)c([2H])c(SC([2H])([2H])c3cccc(F)c3F)n(C([2H])([2H])C(=O)N(C([2H])([2H])c3ccc(-c4ccc(C(F)(F)F)cc4)cc3)C3([2H])C([2H])([2H])C([2H])([2H])N(C([2H])([2H])C([2H])([2H])OC([2H])([2H])[2H])C([2H])([2H])C3([2H])[2H])c2c1[2H]. The minimum Gasteiger partial charge on any atom is -0.383 e. The Labute approximate surface area is 345 Å². The molecule has 0 radical (unpaired) electrons. The number of thioether (sulfide) groups is 1. The first-order valence-corrected chi connectivity index (χ1v) is 15.6. The van der Waals surface area contributed by atoms with Crippen LogP contribution in [0, 0.1) is 18.6 Å². The van der Waals surface area contributed by atoms with Crippen LogP contribution >= 0.6 is 11.8 Å². The highest BCUT2D eigenvalue weighted by molar-refractivity contribution is 7.98. The summed E-state index contributed by atoms with van der Waals surface area (Å²) in [5.74, 6) is -6.55. The minimum absolute atomic E-state index is 0.0253. The van der Waals surface area contributed by atoms with Crippen molar-refractivity contribution in [2.75, 3.05) is 33.1 Å². The number of ether oxygens (including phenoxy) is 1. The standard InChI is InChI=1S/C41H40F5N3O3S/c1-27-6-15-36-34(22-27)37(50)23-39(53-26-31-4-3-5-35(42)40(31)43)49(36)25-38(51)48(33-16-18-47(19-17-33)20-21-52-2)24-28-7-9-29(10-8-28)30-11-13-32(14-12-30)41(44,45)46/h3-15,22-23,33H,16-21,24-26H2,1-2H3/i2D3,6D,15D,16D2,17D2,18D2,19D2,20D2,21D2,22D,23D,24D2,25D2,26D2,33D. The van der Waals surface area contributed by atoms with E-state index in [1.54, 1.807) is 0 Å². The lowest BCUT2D eigenvalue weighted by atomic mass is 10.00. The Hall–Kier alpha value is -4.52. The molecule has 0 saturated carbocycles. The van der Waals surface area contributed by atoms with Gasteiger partial charge in [0.1, 0.15) is 6.50 Å². The molecule has 1 aliphatic heterocycles. The van der Waals surface area contributed by atoms with E-state index in [-0.39, 0.29) is 15.7 Å². The number of alkyl halides is 3. The number of piperidine rings is 1. The van der Waals surface area contributed by atoms with E-state index < -0.39 is 184 Å². The van der Waals surface area contributed by atoms with E-state index in [9.17, 15) is 34.7 Å². The molecule has 5 aromatic rings. The molecule has 12 heteroatoms. The van der Waals surface area contributed by atoms with Gasteiger partial charge in [-0.25, -0.2) is 8.78 Å². The van der Waals surface area contributed by atoms with Crippen LogP contribution in [0.1, 0.15) is 70.6 Å². The van der Waals surface area contributed by atoms with Gasteiger partial charge in [0, 0.05) is 78.2 Å². The third kappa shape index (κ3) is 9.17. The maximum Gasteiger partial charge on any atom is 0.416 e. The van der Waals surface area contributed by atoms with Gasteiger partial charge in [0.15, 0.2) is 17.1 Å². The summed E-state index contributed by atoms with van der Waals surface area (Å²) >= 11 is -0.588. The van der Waals surface area contributed by atoms with Crippen molar-refractivity contribution >= 4 is 28.6 Å². The van der Waals surface area contributed by atoms with Crippen LogP contribution in [-0.2, 0) is 34.4 Å². The number of benzene rings is 4. The fraction of sp³-hybridized carbons (Fsp3) is 0.317. The summed E-state index contributed by atoms with van der Waals surface area (Å²) in [6.45, 7) is -27.3. The summed E-state index contributed by atoms with van der Waals surface area (Å²) in [4.78, 5) is 27.8.